The SMILES string of the molecule is COc1cc(OC)c2c(c1)C1CC1C[C@@H]1OC(C)(C)O[C@@H]1C(OC(=O)c1ccccc1)/C=C\C[C@H](C)OC2=O. The van der Waals surface area contributed by atoms with Crippen molar-refractivity contribution in [1.29, 1.82) is 0 Å². The minimum absolute atomic E-state index is 0.101. The Balaban J connectivity index is 1.49. The van der Waals surface area contributed by atoms with Gasteiger partial charge < -0.3 is 28.4 Å². The normalized spacial score (nSPS) is 30.4. The Morgan fingerprint density at radius 3 is 2.51 bits per heavy atom. The average Bonchev–Trinajstić information content (AvgIpc) is 3.61. The third kappa shape index (κ3) is 5.97. The van der Waals surface area contributed by atoms with Crippen molar-refractivity contribution >= 4 is 11.9 Å². The number of esters is 2. The lowest BCUT2D eigenvalue weighted by Crippen LogP contribution is -2.38. The molecule has 1 saturated heterocycles. The summed E-state index contributed by atoms with van der Waals surface area (Å²) in [6.07, 6.45) is 3.74. The Bertz CT molecular complexity index is 1240. The van der Waals surface area contributed by atoms with E-state index in [0.29, 0.717) is 35.5 Å². The smallest absolute Gasteiger partial charge is 0.342 e. The number of cyclic esters (lactones) is 1. The molecule has 5 rings (SSSR count). The zero-order chi connectivity index (χ0) is 27.7. The molecule has 8 nitrogen and oxygen atoms in total. The summed E-state index contributed by atoms with van der Waals surface area (Å²) >= 11 is 0. The van der Waals surface area contributed by atoms with Gasteiger partial charge in [-0.05, 0) is 75.3 Å². The number of benzene rings is 2. The van der Waals surface area contributed by atoms with Gasteiger partial charge in [-0.1, -0.05) is 24.3 Å². The molecule has 2 heterocycles. The van der Waals surface area contributed by atoms with E-state index >= 15 is 0 Å². The van der Waals surface area contributed by atoms with Gasteiger partial charge in [-0.25, -0.2) is 9.59 Å². The van der Waals surface area contributed by atoms with Gasteiger partial charge in [-0.15, -0.1) is 0 Å². The standard InChI is InChI=1S/C31H36O8/c1-18-10-9-13-24(37-29(32)19-11-7-6-8-12-19)28-26(38-31(2,3)39-28)15-20-14-22(20)23-16-21(34-4)17-25(35-5)27(23)30(33)36-18/h6-9,11-13,16-18,20,22,24,26,28H,10,14-15H2,1-5H3/b13-9-/t18-,20?,22?,24?,26-,28+/m0/s1. The van der Waals surface area contributed by atoms with Crippen LogP contribution in [0.3, 0.4) is 0 Å². The summed E-state index contributed by atoms with van der Waals surface area (Å²) in [6.45, 7) is 5.58. The molecule has 0 bridgehead atoms. The molecule has 2 aromatic carbocycles. The van der Waals surface area contributed by atoms with Crippen molar-refractivity contribution < 1.29 is 38.0 Å². The first-order valence-corrected chi connectivity index (χ1v) is 13.4. The molecule has 208 valence electrons. The highest BCUT2D eigenvalue weighted by Gasteiger charge is 2.51. The van der Waals surface area contributed by atoms with Crippen LogP contribution in [0, 0.1) is 5.92 Å². The second-order valence-electron chi connectivity index (χ2n) is 10.9. The maximum Gasteiger partial charge on any atom is 0.342 e. The van der Waals surface area contributed by atoms with E-state index in [4.69, 9.17) is 28.4 Å². The number of ether oxygens (including phenoxy) is 6. The van der Waals surface area contributed by atoms with Crippen molar-refractivity contribution in [2.24, 2.45) is 5.92 Å². The molecule has 0 radical (unpaired) electrons. The summed E-state index contributed by atoms with van der Waals surface area (Å²) in [5.74, 6) is -0.322. The first-order chi connectivity index (χ1) is 18.7. The van der Waals surface area contributed by atoms with Crippen molar-refractivity contribution in [1.82, 2.24) is 0 Å². The molecule has 1 saturated carbocycles. The fraction of sp³-hybridized carbons (Fsp3) is 0.484. The largest absolute Gasteiger partial charge is 0.497 e. The molecular weight excluding hydrogens is 500 g/mol. The van der Waals surface area contributed by atoms with E-state index in [0.717, 1.165) is 12.0 Å². The second-order valence-corrected chi connectivity index (χ2v) is 10.9. The van der Waals surface area contributed by atoms with E-state index in [-0.39, 0.29) is 17.9 Å². The quantitative estimate of drug-likeness (QED) is 0.377. The predicted molar refractivity (Wildman–Crippen MR) is 143 cm³/mol. The maximum atomic E-state index is 13.4. The molecule has 6 atom stereocenters. The van der Waals surface area contributed by atoms with Crippen LogP contribution in [0.25, 0.3) is 0 Å². The van der Waals surface area contributed by atoms with Gasteiger partial charge >= 0.3 is 11.9 Å². The monoisotopic (exact) mass is 536 g/mol. The Morgan fingerprint density at radius 2 is 1.79 bits per heavy atom. The third-order valence-electron chi connectivity index (χ3n) is 7.52. The van der Waals surface area contributed by atoms with Gasteiger partial charge in [0, 0.05) is 12.5 Å². The molecule has 0 aromatic heterocycles. The van der Waals surface area contributed by atoms with E-state index in [1.807, 2.05) is 45.1 Å². The molecule has 3 aliphatic rings. The molecule has 0 amide bonds. The molecule has 2 aliphatic heterocycles. The van der Waals surface area contributed by atoms with Gasteiger partial charge in [0.1, 0.15) is 35.4 Å². The molecular formula is C31H36O8. The summed E-state index contributed by atoms with van der Waals surface area (Å²) in [7, 11) is 3.13. The molecule has 0 spiro atoms. The fourth-order valence-corrected chi connectivity index (χ4v) is 5.59. The molecule has 8 heteroatoms. The lowest BCUT2D eigenvalue weighted by Gasteiger charge is -2.25. The van der Waals surface area contributed by atoms with Crippen LogP contribution in [0.2, 0.25) is 0 Å². The van der Waals surface area contributed by atoms with Crippen molar-refractivity contribution in [3.63, 3.8) is 0 Å². The first kappa shape index (κ1) is 27.2. The van der Waals surface area contributed by atoms with E-state index in [9.17, 15) is 9.59 Å². The molecule has 0 N–H and O–H groups in total. The van der Waals surface area contributed by atoms with Gasteiger partial charge in [0.25, 0.3) is 0 Å². The molecule has 2 fully saturated rings. The van der Waals surface area contributed by atoms with Crippen LogP contribution < -0.4 is 9.47 Å². The third-order valence-corrected chi connectivity index (χ3v) is 7.52. The van der Waals surface area contributed by atoms with Crippen molar-refractivity contribution in [2.75, 3.05) is 14.2 Å². The molecule has 39 heavy (non-hydrogen) atoms. The lowest BCUT2D eigenvalue weighted by atomic mass is 9.96. The van der Waals surface area contributed by atoms with Crippen LogP contribution >= 0.6 is 0 Å². The zero-order valence-electron chi connectivity index (χ0n) is 23.0. The van der Waals surface area contributed by atoms with Gasteiger partial charge in [0.15, 0.2) is 5.79 Å². The van der Waals surface area contributed by atoms with E-state index in [2.05, 4.69) is 0 Å². The number of carbonyl (C=O) groups is 2. The number of carbonyl (C=O) groups excluding carboxylic acids is 2. The summed E-state index contributed by atoms with van der Waals surface area (Å²) < 4.78 is 35.6. The zero-order valence-corrected chi connectivity index (χ0v) is 23.0. The fourth-order valence-electron chi connectivity index (χ4n) is 5.59. The van der Waals surface area contributed by atoms with Crippen LogP contribution in [0.1, 0.15) is 72.2 Å². The van der Waals surface area contributed by atoms with E-state index in [1.165, 1.54) is 7.11 Å². The number of hydrogen-bond acceptors (Lipinski definition) is 8. The van der Waals surface area contributed by atoms with Crippen LogP contribution in [0.5, 0.6) is 11.5 Å². The van der Waals surface area contributed by atoms with Crippen LogP contribution in [0.15, 0.2) is 54.6 Å². The van der Waals surface area contributed by atoms with E-state index < -0.39 is 36.0 Å². The van der Waals surface area contributed by atoms with Crippen LogP contribution in [-0.2, 0) is 18.9 Å². The van der Waals surface area contributed by atoms with Crippen LogP contribution in [-0.4, -0.2) is 56.4 Å². The topological polar surface area (TPSA) is 89.5 Å². The highest BCUT2D eigenvalue weighted by atomic mass is 16.8. The molecule has 1 aliphatic carbocycles. The minimum atomic E-state index is -0.838. The van der Waals surface area contributed by atoms with Crippen molar-refractivity contribution in [2.45, 2.75) is 76.2 Å². The highest BCUT2D eigenvalue weighted by molar-refractivity contribution is 5.95. The first-order valence-electron chi connectivity index (χ1n) is 13.4. The number of rotatable bonds is 4. The summed E-state index contributed by atoms with van der Waals surface area (Å²) in [4.78, 5) is 26.4. The Hall–Kier alpha value is -3.36. The lowest BCUT2D eigenvalue weighted by molar-refractivity contribution is -0.153. The van der Waals surface area contributed by atoms with Crippen LogP contribution in [0.4, 0.5) is 0 Å². The van der Waals surface area contributed by atoms with Crippen molar-refractivity contribution in [3.05, 3.63) is 71.3 Å². The van der Waals surface area contributed by atoms with Gasteiger partial charge in [0.2, 0.25) is 0 Å². The maximum absolute atomic E-state index is 13.4. The summed E-state index contributed by atoms with van der Waals surface area (Å²) in [5, 5.41) is 0. The van der Waals surface area contributed by atoms with Crippen molar-refractivity contribution in [3.8, 4) is 11.5 Å². The summed E-state index contributed by atoms with van der Waals surface area (Å²) in [6, 6.07) is 12.5. The number of methoxy groups -OCH3 is 2. The summed E-state index contributed by atoms with van der Waals surface area (Å²) in [5.41, 5.74) is 1.75. The minimum Gasteiger partial charge on any atom is -0.497 e. The average molecular weight is 537 g/mol. The number of hydrogen-bond donors (Lipinski definition) is 0. The van der Waals surface area contributed by atoms with E-state index in [1.54, 1.807) is 37.4 Å². The number of fused-ring (bicyclic) bond motifs is 4. The van der Waals surface area contributed by atoms with Gasteiger partial charge in [-0.3, -0.25) is 0 Å². The molecule has 3 unspecified atom stereocenters. The Morgan fingerprint density at radius 1 is 1.03 bits per heavy atom. The van der Waals surface area contributed by atoms with Gasteiger partial charge in [-0.2, -0.15) is 0 Å². The molecule has 2 aromatic rings. The Labute approximate surface area is 229 Å². The predicted octanol–water partition coefficient (Wildman–Crippen LogP) is 5.45. The second kappa shape index (κ2) is 11.0. The highest BCUT2D eigenvalue weighted by Crippen LogP contribution is 2.54. The van der Waals surface area contributed by atoms with Gasteiger partial charge in [0.05, 0.1) is 25.9 Å². The Kier molecular flexibility index (Phi) is 7.69.